The number of piperidine rings is 1. The average Bonchev–Trinajstić information content (AvgIpc) is 2.70. The molecule has 0 aliphatic carbocycles. The van der Waals surface area contributed by atoms with Crippen molar-refractivity contribution in [1.29, 1.82) is 0 Å². The van der Waals surface area contributed by atoms with Crippen LogP contribution in [-0.4, -0.2) is 47.5 Å². The second-order valence-corrected chi connectivity index (χ2v) is 7.79. The van der Waals surface area contributed by atoms with Crippen molar-refractivity contribution in [1.82, 2.24) is 15.3 Å². The molecule has 1 aliphatic rings. The zero-order valence-electron chi connectivity index (χ0n) is 15.9. The molecule has 1 unspecified atom stereocenters. The van der Waals surface area contributed by atoms with Crippen LogP contribution in [0.3, 0.4) is 0 Å². The molecule has 27 heavy (non-hydrogen) atoms. The fourth-order valence-electron chi connectivity index (χ4n) is 3.15. The smallest absolute Gasteiger partial charge is 0.227 e. The van der Waals surface area contributed by atoms with Gasteiger partial charge in [-0.3, -0.25) is 4.79 Å². The van der Waals surface area contributed by atoms with Crippen molar-refractivity contribution in [3.8, 4) is 0 Å². The highest BCUT2D eigenvalue weighted by Crippen LogP contribution is 2.22. The molecule has 0 spiro atoms. The molecular weight excluding hydrogens is 358 g/mol. The molecule has 144 valence electrons. The lowest BCUT2D eigenvalue weighted by atomic mass is 9.97. The fourth-order valence-corrected chi connectivity index (χ4v) is 3.45. The first-order chi connectivity index (χ1) is 13.2. The molecule has 1 aromatic heterocycles. The molecule has 0 bridgehead atoms. The van der Waals surface area contributed by atoms with Crippen LogP contribution in [0.15, 0.2) is 36.5 Å². The third-order valence-electron chi connectivity index (χ3n) is 4.65. The predicted molar refractivity (Wildman–Crippen MR) is 113 cm³/mol. The van der Waals surface area contributed by atoms with Crippen molar-refractivity contribution in [2.45, 2.75) is 19.8 Å². The van der Waals surface area contributed by atoms with Gasteiger partial charge in [0.25, 0.3) is 0 Å². The van der Waals surface area contributed by atoms with Gasteiger partial charge in [0.1, 0.15) is 5.82 Å². The Labute approximate surface area is 165 Å². The molecule has 0 saturated carbocycles. The molecule has 2 N–H and O–H groups in total. The molecule has 0 radical (unpaired) electrons. The monoisotopic (exact) mass is 385 g/mol. The fraction of sp³-hybridized carbons (Fsp3) is 0.450. The molecule has 2 heterocycles. The number of hydrogen-bond donors (Lipinski definition) is 2. The Bertz CT molecular complexity index is 752. The van der Waals surface area contributed by atoms with Crippen LogP contribution in [0.25, 0.3) is 0 Å². The van der Waals surface area contributed by atoms with E-state index in [0.29, 0.717) is 12.5 Å². The number of nitrogens with one attached hydrogen (secondary N) is 2. The maximum absolute atomic E-state index is 12.4. The van der Waals surface area contributed by atoms with Gasteiger partial charge in [-0.15, -0.1) is 0 Å². The summed E-state index contributed by atoms with van der Waals surface area (Å²) >= 11 is 1.74. The lowest BCUT2D eigenvalue weighted by Crippen LogP contribution is -2.44. The summed E-state index contributed by atoms with van der Waals surface area (Å²) in [6.07, 6.45) is 5.70. The average molecular weight is 386 g/mol. The van der Waals surface area contributed by atoms with Gasteiger partial charge >= 0.3 is 0 Å². The lowest BCUT2D eigenvalue weighted by molar-refractivity contribution is -0.125. The normalized spacial score (nSPS) is 16.8. The Balaban J connectivity index is 1.63. The van der Waals surface area contributed by atoms with Crippen LogP contribution < -0.4 is 15.5 Å². The van der Waals surface area contributed by atoms with Crippen molar-refractivity contribution in [2.75, 3.05) is 41.9 Å². The number of nitrogens with zero attached hydrogens (tertiary/aromatic N) is 3. The molecule has 1 atom stereocenters. The zero-order valence-corrected chi connectivity index (χ0v) is 16.8. The topological polar surface area (TPSA) is 70.2 Å². The third kappa shape index (κ3) is 5.60. The van der Waals surface area contributed by atoms with Crippen molar-refractivity contribution in [3.05, 3.63) is 42.1 Å². The number of rotatable bonds is 7. The number of carbonyl (C=O) groups excluding carboxylic acids is 1. The van der Waals surface area contributed by atoms with Crippen LogP contribution in [0, 0.1) is 12.8 Å². The van der Waals surface area contributed by atoms with Gasteiger partial charge in [-0.05, 0) is 44.2 Å². The maximum atomic E-state index is 12.4. The minimum Gasteiger partial charge on any atom is -0.355 e. The molecule has 6 nitrogen and oxygen atoms in total. The van der Waals surface area contributed by atoms with Crippen LogP contribution in [0.5, 0.6) is 0 Å². The summed E-state index contributed by atoms with van der Waals surface area (Å²) in [6, 6.07) is 10.1. The van der Waals surface area contributed by atoms with Gasteiger partial charge < -0.3 is 15.5 Å². The zero-order chi connectivity index (χ0) is 19.1. The maximum Gasteiger partial charge on any atom is 0.227 e. The van der Waals surface area contributed by atoms with E-state index in [4.69, 9.17) is 0 Å². The summed E-state index contributed by atoms with van der Waals surface area (Å²) in [4.78, 5) is 23.6. The quantitative estimate of drug-likeness (QED) is 0.713. The van der Waals surface area contributed by atoms with Crippen LogP contribution in [0.1, 0.15) is 18.4 Å². The van der Waals surface area contributed by atoms with E-state index in [0.717, 1.165) is 43.2 Å². The number of thioether (sulfide) groups is 1. The number of anilines is 3. The molecule has 1 aliphatic heterocycles. The molecule has 7 heteroatoms. The van der Waals surface area contributed by atoms with E-state index in [1.54, 1.807) is 18.0 Å². The summed E-state index contributed by atoms with van der Waals surface area (Å²) in [6.45, 7) is 4.33. The van der Waals surface area contributed by atoms with E-state index < -0.39 is 0 Å². The summed E-state index contributed by atoms with van der Waals surface area (Å²) in [7, 11) is 0. The second kappa shape index (κ2) is 9.60. The molecule has 2 aromatic rings. The van der Waals surface area contributed by atoms with E-state index in [2.05, 4.69) is 44.6 Å². The Morgan fingerprint density at radius 1 is 1.30 bits per heavy atom. The van der Waals surface area contributed by atoms with Gasteiger partial charge in [0.05, 0.1) is 5.92 Å². The SMILES string of the molecule is CSCCNC(=O)C1CCCN(c2nccc(Nc3ccc(C)cc3)n2)C1. The second-order valence-electron chi connectivity index (χ2n) is 6.80. The first-order valence-electron chi connectivity index (χ1n) is 9.34. The van der Waals surface area contributed by atoms with Crippen LogP contribution in [-0.2, 0) is 4.79 Å². The third-order valence-corrected chi connectivity index (χ3v) is 5.26. The summed E-state index contributed by atoms with van der Waals surface area (Å²) in [5.74, 6) is 2.52. The predicted octanol–water partition coefficient (Wildman–Crippen LogP) is 3.22. The highest BCUT2D eigenvalue weighted by Gasteiger charge is 2.27. The minimum atomic E-state index is -0.00193. The van der Waals surface area contributed by atoms with Gasteiger partial charge in [-0.2, -0.15) is 16.7 Å². The van der Waals surface area contributed by atoms with E-state index in [-0.39, 0.29) is 11.8 Å². The van der Waals surface area contributed by atoms with Crippen LogP contribution >= 0.6 is 11.8 Å². The number of carbonyl (C=O) groups is 1. The van der Waals surface area contributed by atoms with Crippen molar-refractivity contribution < 1.29 is 4.79 Å². The Hall–Kier alpha value is -2.28. The van der Waals surface area contributed by atoms with Gasteiger partial charge in [0, 0.05) is 37.3 Å². The summed E-state index contributed by atoms with van der Waals surface area (Å²) in [5, 5.41) is 6.35. The highest BCUT2D eigenvalue weighted by molar-refractivity contribution is 7.98. The van der Waals surface area contributed by atoms with Crippen LogP contribution in [0.4, 0.5) is 17.5 Å². The summed E-state index contributed by atoms with van der Waals surface area (Å²) < 4.78 is 0. The molecule has 1 saturated heterocycles. The van der Waals surface area contributed by atoms with Gasteiger partial charge in [-0.25, -0.2) is 4.98 Å². The largest absolute Gasteiger partial charge is 0.355 e. The summed E-state index contributed by atoms with van der Waals surface area (Å²) in [5.41, 5.74) is 2.22. The molecule has 1 fully saturated rings. The lowest BCUT2D eigenvalue weighted by Gasteiger charge is -2.32. The van der Waals surface area contributed by atoms with E-state index in [1.165, 1.54) is 5.56 Å². The standard InChI is InChI=1S/C20H27N5OS/c1-15-5-7-17(8-6-15)23-18-9-10-22-20(24-18)25-12-3-4-16(14-25)19(26)21-11-13-27-2/h5-10,16H,3-4,11-14H2,1-2H3,(H,21,26)(H,22,23,24). The Morgan fingerprint density at radius 2 is 2.11 bits per heavy atom. The number of hydrogen-bond acceptors (Lipinski definition) is 6. The van der Waals surface area contributed by atoms with Gasteiger partial charge in [0.15, 0.2) is 0 Å². The first-order valence-corrected chi connectivity index (χ1v) is 10.7. The van der Waals surface area contributed by atoms with E-state index >= 15 is 0 Å². The highest BCUT2D eigenvalue weighted by atomic mass is 32.2. The van der Waals surface area contributed by atoms with Crippen molar-refractivity contribution in [2.24, 2.45) is 5.92 Å². The number of amides is 1. The van der Waals surface area contributed by atoms with Gasteiger partial charge in [-0.1, -0.05) is 17.7 Å². The number of aromatic nitrogens is 2. The van der Waals surface area contributed by atoms with Crippen LogP contribution in [0.2, 0.25) is 0 Å². The molecule has 3 rings (SSSR count). The molecule has 1 amide bonds. The molecular formula is C20H27N5OS. The number of benzene rings is 1. The van der Waals surface area contributed by atoms with Crippen molar-refractivity contribution >= 4 is 35.1 Å². The Kier molecular flexibility index (Phi) is 6.92. The Morgan fingerprint density at radius 3 is 2.89 bits per heavy atom. The van der Waals surface area contributed by atoms with Crippen molar-refractivity contribution in [3.63, 3.8) is 0 Å². The van der Waals surface area contributed by atoms with E-state index in [9.17, 15) is 4.79 Å². The number of aryl methyl sites for hydroxylation is 1. The van der Waals surface area contributed by atoms with E-state index in [1.807, 2.05) is 24.5 Å². The minimum absolute atomic E-state index is 0.00193. The first kappa shape index (κ1) is 19.5. The van der Waals surface area contributed by atoms with Gasteiger partial charge in [0.2, 0.25) is 11.9 Å². The molecule has 1 aromatic carbocycles.